The molecule has 3 amide bonds. The Bertz CT molecular complexity index is 1500. The number of para-hydroxylation sites is 1. The lowest BCUT2D eigenvalue weighted by atomic mass is 10.0. The summed E-state index contributed by atoms with van der Waals surface area (Å²) in [6.07, 6.45) is -0.677. The van der Waals surface area contributed by atoms with E-state index in [4.69, 9.17) is 16.3 Å². The van der Waals surface area contributed by atoms with Crippen LogP contribution < -0.4 is 15.4 Å². The van der Waals surface area contributed by atoms with Crippen molar-refractivity contribution < 1.29 is 27.9 Å². The number of sulfonamides is 1. The summed E-state index contributed by atoms with van der Waals surface area (Å²) in [5, 5.41) is 15.8. The summed E-state index contributed by atoms with van der Waals surface area (Å²) in [6, 6.07) is 19.0. The van der Waals surface area contributed by atoms with Gasteiger partial charge in [-0.2, -0.15) is 4.31 Å². The highest BCUT2D eigenvalue weighted by Crippen LogP contribution is 2.30. The van der Waals surface area contributed by atoms with E-state index >= 15 is 0 Å². The summed E-state index contributed by atoms with van der Waals surface area (Å²) >= 11 is 5.95. The Morgan fingerprint density at radius 1 is 1.10 bits per heavy atom. The molecule has 224 valence electrons. The molecule has 1 aliphatic rings. The summed E-state index contributed by atoms with van der Waals surface area (Å²) in [7, 11) is -2.38. The molecule has 0 aliphatic carbocycles. The van der Waals surface area contributed by atoms with E-state index in [1.807, 2.05) is 25.1 Å². The molecular formula is C30H35ClN4O6S. The van der Waals surface area contributed by atoms with Crippen molar-refractivity contribution in [3.63, 3.8) is 0 Å². The van der Waals surface area contributed by atoms with E-state index in [9.17, 15) is 23.1 Å². The van der Waals surface area contributed by atoms with Crippen molar-refractivity contribution in [2.45, 2.75) is 37.3 Å². The van der Waals surface area contributed by atoms with Crippen molar-refractivity contribution in [2.24, 2.45) is 5.92 Å². The number of urea groups is 1. The lowest BCUT2D eigenvalue weighted by Gasteiger charge is -2.33. The summed E-state index contributed by atoms with van der Waals surface area (Å²) in [5.41, 5.74) is 1.60. The fourth-order valence-corrected chi connectivity index (χ4v) is 5.99. The minimum atomic E-state index is -3.86. The van der Waals surface area contributed by atoms with E-state index in [2.05, 4.69) is 10.6 Å². The Kier molecular flexibility index (Phi) is 10.1. The van der Waals surface area contributed by atoms with Crippen molar-refractivity contribution in [1.82, 2.24) is 9.21 Å². The van der Waals surface area contributed by atoms with Crippen LogP contribution >= 0.6 is 11.6 Å². The van der Waals surface area contributed by atoms with Crippen LogP contribution in [0.4, 0.5) is 16.2 Å². The zero-order chi connectivity index (χ0) is 30.4. The first-order chi connectivity index (χ1) is 20.0. The Morgan fingerprint density at radius 2 is 1.76 bits per heavy atom. The number of benzene rings is 3. The van der Waals surface area contributed by atoms with Crippen LogP contribution in [-0.4, -0.2) is 73.6 Å². The number of ether oxygens (including phenoxy) is 1. The predicted octanol–water partition coefficient (Wildman–Crippen LogP) is 4.45. The zero-order valence-electron chi connectivity index (χ0n) is 23.7. The average Bonchev–Trinajstić information content (AvgIpc) is 3.00. The van der Waals surface area contributed by atoms with E-state index in [-0.39, 0.29) is 42.8 Å². The van der Waals surface area contributed by atoms with Crippen LogP contribution in [-0.2, 0) is 21.2 Å². The molecule has 3 atom stereocenters. The van der Waals surface area contributed by atoms with Crippen LogP contribution in [0.25, 0.3) is 0 Å². The molecule has 10 nitrogen and oxygen atoms in total. The molecule has 12 heteroatoms. The number of aliphatic hydroxyl groups is 1. The van der Waals surface area contributed by atoms with Gasteiger partial charge in [0.15, 0.2) is 0 Å². The highest BCUT2D eigenvalue weighted by Gasteiger charge is 2.33. The van der Waals surface area contributed by atoms with Gasteiger partial charge in [0.1, 0.15) is 11.9 Å². The molecule has 0 bridgehead atoms. The molecule has 0 aromatic heterocycles. The Hall–Kier alpha value is -3.64. The predicted molar refractivity (Wildman–Crippen MR) is 162 cm³/mol. The number of amides is 3. The molecule has 3 aromatic rings. The number of fused-ring (bicyclic) bond motifs is 1. The molecule has 0 saturated carbocycles. The maximum Gasteiger partial charge on any atom is 0.323 e. The number of likely N-dealkylation sites (N-methyl/N-ethyl adjacent to an activating group) is 1. The second-order valence-electron chi connectivity index (χ2n) is 10.4. The number of hydrogen-bond donors (Lipinski definition) is 3. The van der Waals surface area contributed by atoms with Crippen LogP contribution in [0.5, 0.6) is 5.75 Å². The molecule has 3 aromatic carbocycles. The topological polar surface area (TPSA) is 128 Å². The molecular weight excluding hydrogens is 580 g/mol. The Balaban J connectivity index is 1.62. The van der Waals surface area contributed by atoms with Gasteiger partial charge in [-0.1, -0.05) is 36.7 Å². The van der Waals surface area contributed by atoms with Crippen LogP contribution in [0.1, 0.15) is 19.4 Å². The molecule has 0 unspecified atom stereocenters. The highest BCUT2D eigenvalue weighted by molar-refractivity contribution is 7.89. The average molecular weight is 615 g/mol. The smallest absolute Gasteiger partial charge is 0.323 e. The quantitative estimate of drug-likeness (QED) is 0.344. The fourth-order valence-electron chi connectivity index (χ4n) is 4.68. The molecule has 42 heavy (non-hydrogen) atoms. The minimum absolute atomic E-state index is 0.000581. The number of rotatable bonds is 8. The monoisotopic (exact) mass is 614 g/mol. The van der Waals surface area contributed by atoms with Crippen molar-refractivity contribution in [1.29, 1.82) is 0 Å². The fraction of sp³-hybridized carbons (Fsp3) is 0.333. The van der Waals surface area contributed by atoms with Gasteiger partial charge in [0, 0.05) is 41.5 Å². The molecule has 1 heterocycles. The van der Waals surface area contributed by atoms with Gasteiger partial charge in [-0.25, -0.2) is 13.2 Å². The molecule has 0 saturated heterocycles. The van der Waals surface area contributed by atoms with Crippen LogP contribution in [0, 0.1) is 5.92 Å². The molecule has 0 radical (unpaired) electrons. The highest BCUT2D eigenvalue weighted by atomic mass is 35.5. The van der Waals surface area contributed by atoms with E-state index < -0.39 is 28.2 Å². The van der Waals surface area contributed by atoms with Gasteiger partial charge in [0.2, 0.25) is 15.9 Å². The number of halogens is 1. The van der Waals surface area contributed by atoms with E-state index in [0.29, 0.717) is 27.7 Å². The second kappa shape index (κ2) is 13.6. The number of nitrogens with one attached hydrogen (secondary N) is 2. The van der Waals surface area contributed by atoms with Gasteiger partial charge in [-0.15, -0.1) is 0 Å². The van der Waals surface area contributed by atoms with Crippen LogP contribution in [0.2, 0.25) is 5.02 Å². The first-order valence-electron chi connectivity index (χ1n) is 13.5. The van der Waals surface area contributed by atoms with Gasteiger partial charge in [0.05, 0.1) is 30.5 Å². The Labute approximate surface area is 251 Å². The van der Waals surface area contributed by atoms with Crippen LogP contribution in [0.3, 0.4) is 0 Å². The molecule has 1 aliphatic heterocycles. The summed E-state index contributed by atoms with van der Waals surface area (Å²) in [4.78, 5) is 27.7. The summed E-state index contributed by atoms with van der Waals surface area (Å²) in [5.74, 6) is -0.113. The number of aliphatic hydroxyl groups excluding tert-OH is 1. The maximum absolute atomic E-state index is 13.4. The number of carbonyl (C=O) groups is 2. The number of anilines is 2. The number of carbonyl (C=O) groups excluding carboxylic acids is 2. The van der Waals surface area contributed by atoms with Crippen molar-refractivity contribution in [3.8, 4) is 5.75 Å². The standard InChI is InChI=1S/C30H35ClN4O6S/c1-20-17-35(21(2)19-36)29(37)16-22-15-25(33-30(38)32-24-7-5-4-6-8-24)11-14-27(22)41-28(20)18-34(3)42(39,40)26-12-9-23(31)10-13-26/h4-15,20-21,28,36H,16-19H2,1-3H3,(H2,32,33,38)/t20-,21+,28+/m0/s1. The summed E-state index contributed by atoms with van der Waals surface area (Å²) in [6.45, 7) is 3.65. The second-order valence-corrected chi connectivity index (χ2v) is 12.9. The van der Waals surface area contributed by atoms with E-state index in [0.717, 1.165) is 0 Å². The summed E-state index contributed by atoms with van der Waals surface area (Å²) < 4.78 is 34.3. The van der Waals surface area contributed by atoms with Gasteiger partial charge in [0.25, 0.3) is 0 Å². The number of hydrogen-bond acceptors (Lipinski definition) is 6. The van der Waals surface area contributed by atoms with Crippen molar-refractivity contribution in [3.05, 3.63) is 83.4 Å². The van der Waals surface area contributed by atoms with E-state index in [1.54, 1.807) is 42.2 Å². The van der Waals surface area contributed by atoms with Gasteiger partial charge in [-0.05, 0) is 61.5 Å². The third kappa shape index (κ3) is 7.60. The van der Waals surface area contributed by atoms with Crippen LogP contribution in [0.15, 0.2) is 77.7 Å². The lowest BCUT2D eigenvalue weighted by molar-refractivity contribution is -0.134. The first kappa shape index (κ1) is 31.3. The first-order valence-corrected chi connectivity index (χ1v) is 15.3. The molecule has 4 rings (SSSR count). The Morgan fingerprint density at radius 3 is 2.43 bits per heavy atom. The SMILES string of the molecule is C[C@H](CO)N1C[C@H](C)[C@@H](CN(C)S(=O)(=O)c2ccc(Cl)cc2)Oc2ccc(NC(=O)Nc3ccccc3)cc2CC1=O. The van der Waals surface area contributed by atoms with Crippen molar-refractivity contribution in [2.75, 3.05) is 37.4 Å². The maximum atomic E-state index is 13.4. The lowest BCUT2D eigenvalue weighted by Crippen LogP contribution is -2.48. The zero-order valence-corrected chi connectivity index (χ0v) is 25.2. The van der Waals surface area contributed by atoms with Crippen molar-refractivity contribution >= 4 is 44.9 Å². The van der Waals surface area contributed by atoms with Gasteiger partial charge >= 0.3 is 6.03 Å². The largest absolute Gasteiger partial charge is 0.488 e. The molecule has 3 N–H and O–H groups in total. The van der Waals surface area contributed by atoms with Gasteiger partial charge < -0.3 is 25.4 Å². The number of nitrogens with zero attached hydrogens (tertiary/aromatic N) is 2. The van der Waals surface area contributed by atoms with E-state index in [1.165, 1.54) is 35.6 Å². The third-order valence-electron chi connectivity index (χ3n) is 7.16. The normalized spacial score (nSPS) is 18.2. The minimum Gasteiger partial charge on any atom is -0.488 e. The van der Waals surface area contributed by atoms with Gasteiger partial charge in [-0.3, -0.25) is 4.79 Å². The third-order valence-corrected chi connectivity index (χ3v) is 9.25. The molecule has 0 fully saturated rings. The molecule has 0 spiro atoms.